The van der Waals surface area contributed by atoms with Crippen molar-refractivity contribution in [2.45, 2.75) is 25.3 Å². The number of nitrogens with one attached hydrogen (secondary N) is 1. The molecule has 1 aromatic rings. The summed E-state index contributed by atoms with van der Waals surface area (Å²) in [6.07, 6.45) is 3.98. The molecule has 4 heteroatoms. The molecule has 0 spiro atoms. The molecule has 0 bridgehead atoms. The average molecular weight is 327 g/mol. The standard InChI is InChI=1S/C15H23BrN2O/c1-17-12-14-6-2-3-8-18(14)9-10-19-15-7-4-5-13(16)11-15/h4-5,7,11,14,17H,2-3,6,8-10,12H2,1H3. The second kappa shape index (κ2) is 7.88. The third-order valence-electron chi connectivity index (χ3n) is 3.63. The highest BCUT2D eigenvalue weighted by Gasteiger charge is 2.21. The smallest absolute Gasteiger partial charge is 0.120 e. The second-order valence-electron chi connectivity index (χ2n) is 5.05. The van der Waals surface area contributed by atoms with Crippen molar-refractivity contribution in [3.8, 4) is 5.75 Å². The number of likely N-dealkylation sites (tertiary alicyclic amines) is 1. The van der Waals surface area contributed by atoms with Crippen molar-refractivity contribution >= 4 is 15.9 Å². The highest BCUT2D eigenvalue weighted by atomic mass is 79.9. The van der Waals surface area contributed by atoms with Gasteiger partial charge in [0.05, 0.1) is 0 Å². The zero-order chi connectivity index (χ0) is 13.5. The first kappa shape index (κ1) is 14.8. The van der Waals surface area contributed by atoms with E-state index in [0.717, 1.165) is 29.9 Å². The van der Waals surface area contributed by atoms with Crippen LogP contribution in [-0.4, -0.2) is 44.2 Å². The van der Waals surface area contributed by atoms with Gasteiger partial charge in [-0.05, 0) is 44.6 Å². The van der Waals surface area contributed by atoms with Crippen LogP contribution >= 0.6 is 15.9 Å². The van der Waals surface area contributed by atoms with Crippen molar-refractivity contribution in [3.05, 3.63) is 28.7 Å². The number of benzene rings is 1. The van der Waals surface area contributed by atoms with Crippen molar-refractivity contribution < 1.29 is 4.74 Å². The number of ether oxygens (including phenoxy) is 1. The third kappa shape index (κ3) is 4.79. The Bertz CT molecular complexity index is 384. The molecule has 1 atom stereocenters. The summed E-state index contributed by atoms with van der Waals surface area (Å²) in [6.45, 7) is 4.06. The van der Waals surface area contributed by atoms with Crippen molar-refractivity contribution in [2.75, 3.05) is 33.3 Å². The molecule has 1 fully saturated rings. The van der Waals surface area contributed by atoms with Crippen molar-refractivity contribution in [3.63, 3.8) is 0 Å². The number of halogens is 1. The Morgan fingerprint density at radius 2 is 2.32 bits per heavy atom. The molecular weight excluding hydrogens is 304 g/mol. The predicted octanol–water partition coefficient (Wildman–Crippen LogP) is 2.90. The maximum Gasteiger partial charge on any atom is 0.120 e. The lowest BCUT2D eigenvalue weighted by Gasteiger charge is -2.35. The molecule has 1 heterocycles. The number of hydrogen-bond acceptors (Lipinski definition) is 3. The Balaban J connectivity index is 1.77. The predicted molar refractivity (Wildman–Crippen MR) is 82.8 cm³/mol. The van der Waals surface area contributed by atoms with Crippen LogP contribution in [0, 0.1) is 0 Å². The molecule has 106 valence electrons. The van der Waals surface area contributed by atoms with Crippen LogP contribution in [0.4, 0.5) is 0 Å². The van der Waals surface area contributed by atoms with Gasteiger partial charge >= 0.3 is 0 Å². The van der Waals surface area contributed by atoms with E-state index in [1.54, 1.807) is 0 Å². The highest BCUT2D eigenvalue weighted by Crippen LogP contribution is 2.19. The Kier molecular flexibility index (Phi) is 6.14. The number of piperidine rings is 1. The summed E-state index contributed by atoms with van der Waals surface area (Å²) < 4.78 is 6.89. The van der Waals surface area contributed by atoms with Crippen LogP contribution in [0.25, 0.3) is 0 Å². The number of nitrogens with zero attached hydrogens (tertiary/aromatic N) is 1. The van der Waals surface area contributed by atoms with Crippen LogP contribution in [0.2, 0.25) is 0 Å². The fourth-order valence-corrected chi connectivity index (χ4v) is 3.04. The lowest BCUT2D eigenvalue weighted by atomic mass is 10.0. The molecule has 1 aliphatic rings. The molecule has 3 nitrogen and oxygen atoms in total. The van der Waals surface area contributed by atoms with Gasteiger partial charge < -0.3 is 10.1 Å². The largest absolute Gasteiger partial charge is 0.492 e. The van der Waals surface area contributed by atoms with E-state index < -0.39 is 0 Å². The summed E-state index contributed by atoms with van der Waals surface area (Å²) in [7, 11) is 2.03. The minimum atomic E-state index is 0.671. The van der Waals surface area contributed by atoms with Crippen LogP contribution in [0.1, 0.15) is 19.3 Å². The number of hydrogen-bond donors (Lipinski definition) is 1. The molecule has 1 saturated heterocycles. The van der Waals surface area contributed by atoms with Gasteiger partial charge in [-0.1, -0.05) is 28.4 Å². The van der Waals surface area contributed by atoms with Crippen LogP contribution in [0.5, 0.6) is 5.75 Å². The van der Waals surface area contributed by atoms with Crippen molar-refractivity contribution in [2.24, 2.45) is 0 Å². The Hall–Kier alpha value is -0.580. The Morgan fingerprint density at radius 3 is 3.11 bits per heavy atom. The van der Waals surface area contributed by atoms with Gasteiger partial charge in [-0.15, -0.1) is 0 Å². The average Bonchev–Trinajstić information content (AvgIpc) is 2.41. The van der Waals surface area contributed by atoms with E-state index in [4.69, 9.17) is 4.74 Å². The van der Waals surface area contributed by atoms with Crippen LogP contribution in [0.3, 0.4) is 0 Å². The molecule has 1 aliphatic heterocycles. The summed E-state index contributed by atoms with van der Waals surface area (Å²) in [5, 5.41) is 3.29. The third-order valence-corrected chi connectivity index (χ3v) is 4.13. The molecule has 1 unspecified atom stereocenters. The molecule has 2 rings (SSSR count). The molecule has 0 radical (unpaired) electrons. The minimum Gasteiger partial charge on any atom is -0.492 e. The van der Waals surface area contributed by atoms with Gasteiger partial charge in [0.1, 0.15) is 12.4 Å². The second-order valence-corrected chi connectivity index (χ2v) is 5.96. The molecule has 0 aliphatic carbocycles. The monoisotopic (exact) mass is 326 g/mol. The molecular formula is C15H23BrN2O. The van der Waals surface area contributed by atoms with Gasteiger partial charge in [-0.3, -0.25) is 4.90 Å². The van der Waals surface area contributed by atoms with E-state index >= 15 is 0 Å². The maximum absolute atomic E-state index is 5.82. The summed E-state index contributed by atoms with van der Waals surface area (Å²) in [4.78, 5) is 2.55. The van der Waals surface area contributed by atoms with Crippen molar-refractivity contribution in [1.29, 1.82) is 0 Å². The zero-order valence-corrected chi connectivity index (χ0v) is 13.2. The molecule has 1 aromatic carbocycles. The van der Waals surface area contributed by atoms with E-state index in [-0.39, 0.29) is 0 Å². The normalized spacial score (nSPS) is 20.4. The molecule has 19 heavy (non-hydrogen) atoms. The van der Waals surface area contributed by atoms with Gasteiger partial charge in [-0.2, -0.15) is 0 Å². The summed E-state index contributed by atoms with van der Waals surface area (Å²) in [5.74, 6) is 0.941. The van der Waals surface area contributed by atoms with Gasteiger partial charge in [0.15, 0.2) is 0 Å². The van der Waals surface area contributed by atoms with E-state index in [2.05, 4.69) is 26.1 Å². The molecule has 0 saturated carbocycles. The van der Waals surface area contributed by atoms with E-state index in [1.165, 1.54) is 25.8 Å². The first-order valence-corrected chi connectivity index (χ1v) is 7.86. The van der Waals surface area contributed by atoms with E-state index in [0.29, 0.717) is 6.04 Å². The van der Waals surface area contributed by atoms with Crippen LogP contribution < -0.4 is 10.1 Å². The Morgan fingerprint density at radius 1 is 1.42 bits per heavy atom. The lowest BCUT2D eigenvalue weighted by Crippen LogP contribution is -2.46. The molecule has 1 N–H and O–H groups in total. The minimum absolute atomic E-state index is 0.671. The highest BCUT2D eigenvalue weighted by molar-refractivity contribution is 9.10. The van der Waals surface area contributed by atoms with Crippen LogP contribution in [-0.2, 0) is 0 Å². The van der Waals surface area contributed by atoms with E-state index in [9.17, 15) is 0 Å². The Labute approximate surface area is 124 Å². The van der Waals surface area contributed by atoms with Gasteiger partial charge in [0.2, 0.25) is 0 Å². The number of likely N-dealkylation sites (N-methyl/N-ethyl adjacent to an activating group) is 1. The quantitative estimate of drug-likeness (QED) is 0.869. The summed E-state index contributed by atoms with van der Waals surface area (Å²) in [5.41, 5.74) is 0. The summed E-state index contributed by atoms with van der Waals surface area (Å²) >= 11 is 3.46. The van der Waals surface area contributed by atoms with Gasteiger partial charge in [0.25, 0.3) is 0 Å². The molecule has 0 amide bonds. The lowest BCUT2D eigenvalue weighted by molar-refractivity contribution is 0.123. The summed E-state index contributed by atoms with van der Waals surface area (Å²) in [6, 6.07) is 8.71. The first-order chi connectivity index (χ1) is 9.29. The SMILES string of the molecule is CNCC1CCCCN1CCOc1cccc(Br)c1. The molecule has 0 aromatic heterocycles. The maximum atomic E-state index is 5.82. The van der Waals surface area contributed by atoms with Crippen LogP contribution in [0.15, 0.2) is 28.7 Å². The van der Waals surface area contributed by atoms with Gasteiger partial charge in [0, 0.05) is 23.6 Å². The van der Waals surface area contributed by atoms with Crippen molar-refractivity contribution in [1.82, 2.24) is 10.2 Å². The fourth-order valence-electron chi connectivity index (χ4n) is 2.66. The topological polar surface area (TPSA) is 24.5 Å². The number of rotatable bonds is 6. The first-order valence-electron chi connectivity index (χ1n) is 7.06. The zero-order valence-electron chi connectivity index (χ0n) is 11.6. The van der Waals surface area contributed by atoms with Gasteiger partial charge in [-0.25, -0.2) is 0 Å². The van der Waals surface area contributed by atoms with E-state index in [1.807, 2.05) is 31.3 Å². The fraction of sp³-hybridized carbons (Fsp3) is 0.600.